The highest BCUT2D eigenvalue weighted by molar-refractivity contribution is 7.14. The summed E-state index contributed by atoms with van der Waals surface area (Å²) in [6.45, 7) is 0.0933. The maximum atomic E-state index is 14.2. The van der Waals surface area contributed by atoms with Crippen molar-refractivity contribution in [2.24, 2.45) is 0 Å². The predicted molar refractivity (Wildman–Crippen MR) is 115 cm³/mol. The molecule has 0 spiro atoms. The summed E-state index contributed by atoms with van der Waals surface area (Å²) in [7, 11) is 0. The summed E-state index contributed by atoms with van der Waals surface area (Å²) >= 11 is 7.27. The number of thiazole rings is 1. The molecule has 1 N–H and O–H groups in total. The molecular weight excluding hydrogens is 444 g/mol. The average molecular weight is 462 g/mol. The van der Waals surface area contributed by atoms with Gasteiger partial charge in [0, 0.05) is 22.0 Å². The van der Waals surface area contributed by atoms with E-state index in [1.54, 1.807) is 22.4 Å². The molecule has 1 aromatic heterocycles. The standard InChI is InChI=1S/C22H18ClF2N3O2S/c23-17-5-3-7-19(25)16(17)11-28(14-8-9-14)20(29)10-13-12-31-22(26-13)27-21(30)15-4-1-2-6-18(15)24/h1-7,12,14H,8-11H2,(H,26,27,30). The summed E-state index contributed by atoms with van der Waals surface area (Å²) in [4.78, 5) is 31.0. The monoisotopic (exact) mass is 461 g/mol. The fourth-order valence-corrected chi connectivity index (χ4v) is 4.10. The van der Waals surface area contributed by atoms with Crippen molar-refractivity contribution in [3.63, 3.8) is 0 Å². The Bertz CT molecular complexity index is 1110. The molecule has 1 aliphatic carbocycles. The second kappa shape index (κ2) is 9.11. The van der Waals surface area contributed by atoms with Crippen LogP contribution in [0.5, 0.6) is 0 Å². The lowest BCUT2D eigenvalue weighted by molar-refractivity contribution is -0.131. The van der Waals surface area contributed by atoms with Gasteiger partial charge in [-0.3, -0.25) is 14.9 Å². The Labute approximate surface area is 186 Å². The van der Waals surface area contributed by atoms with Gasteiger partial charge in [0.1, 0.15) is 11.6 Å². The first-order valence-electron chi connectivity index (χ1n) is 9.65. The van der Waals surface area contributed by atoms with E-state index >= 15 is 0 Å². The van der Waals surface area contributed by atoms with Gasteiger partial charge in [-0.05, 0) is 37.1 Å². The van der Waals surface area contributed by atoms with E-state index in [0.29, 0.717) is 11.3 Å². The van der Waals surface area contributed by atoms with E-state index in [1.807, 2.05) is 0 Å². The molecule has 5 nitrogen and oxygen atoms in total. The van der Waals surface area contributed by atoms with Crippen molar-refractivity contribution >= 4 is 39.9 Å². The molecule has 4 rings (SSSR count). The van der Waals surface area contributed by atoms with E-state index in [-0.39, 0.29) is 40.6 Å². The van der Waals surface area contributed by atoms with Gasteiger partial charge < -0.3 is 4.90 Å². The summed E-state index contributed by atoms with van der Waals surface area (Å²) in [5.74, 6) is -1.88. The number of hydrogen-bond acceptors (Lipinski definition) is 4. The van der Waals surface area contributed by atoms with Crippen LogP contribution in [0, 0.1) is 11.6 Å². The smallest absolute Gasteiger partial charge is 0.260 e. The molecule has 2 aromatic carbocycles. The van der Waals surface area contributed by atoms with Crippen LogP contribution < -0.4 is 5.32 Å². The Balaban J connectivity index is 1.43. The summed E-state index contributed by atoms with van der Waals surface area (Å²) in [5, 5.41) is 4.76. The number of amides is 2. The number of anilines is 1. The minimum absolute atomic E-state index is 0.00857. The van der Waals surface area contributed by atoms with E-state index in [1.165, 1.54) is 30.3 Å². The lowest BCUT2D eigenvalue weighted by atomic mass is 10.1. The highest BCUT2D eigenvalue weighted by Crippen LogP contribution is 2.31. The number of halogens is 3. The van der Waals surface area contributed by atoms with E-state index in [2.05, 4.69) is 10.3 Å². The van der Waals surface area contributed by atoms with Gasteiger partial charge in [-0.1, -0.05) is 29.8 Å². The van der Waals surface area contributed by atoms with Gasteiger partial charge in [-0.2, -0.15) is 0 Å². The minimum Gasteiger partial charge on any atom is -0.335 e. The van der Waals surface area contributed by atoms with Crippen LogP contribution in [-0.2, 0) is 17.8 Å². The Kier molecular flexibility index (Phi) is 6.29. The second-order valence-corrected chi connectivity index (χ2v) is 8.47. The number of carbonyl (C=O) groups excluding carboxylic acids is 2. The topological polar surface area (TPSA) is 62.3 Å². The Hall–Kier alpha value is -2.84. The normalized spacial score (nSPS) is 13.1. The number of benzene rings is 2. The number of nitrogens with one attached hydrogen (secondary N) is 1. The van der Waals surface area contributed by atoms with Crippen molar-refractivity contribution in [1.82, 2.24) is 9.88 Å². The van der Waals surface area contributed by atoms with Crippen LogP contribution in [0.25, 0.3) is 0 Å². The van der Waals surface area contributed by atoms with Crippen LogP contribution in [-0.4, -0.2) is 27.7 Å². The summed E-state index contributed by atoms with van der Waals surface area (Å²) in [6, 6.07) is 10.2. The van der Waals surface area contributed by atoms with Gasteiger partial charge in [-0.15, -0.1) is 11.3 Å². The highest BCUT2D eigenvalue weighted by Gasteiger charge is 2.33. The Morgan fingerprint density at radius 2 is 1.87 bits per heavy atom. The first-order valence-corrected chi connectivity index (χ1v) is 10.9. The molecular formula is C22H18ClF2N3O2S. The molecule has 0 unspecified atom stereocenters. The fraction of sp³-hybridized carbons (Fsp3) is 0.227. The van der Waals surface area contributed by atoms with E-state index in [9.17, 15) is 18.4 Å². The zero-order valence-corrected chi connectivity index (χ0v) is 17.9. The minimum atomic E-state index is -0.626. The van der Waals surface area contributed by atoms with Gasteiger partial charge in [0.25, 0.3) is 5.91 Å². The SMILES string of the molecule is O=C(Nc1nc(CC(=O)N(Cc2c(F)cccc2Cl)C2CC2)cs1)c1ccccc1F. The van der Waals surface area contributed by atoms with Crippen molar-refractivity contribution < 1.29 is 18.4 Å². The zero-order valence-electron chi connectivity index (χ0n) is 16.3. The van der Waals surface area contributed by atoms with Gasteiger partial charge in [0.2, 0.25) is 5.91 Å². The summed E-state index contributed by atoms with van der Waals surface area (Å²) in [5.41, 5.74) is 0.682. The molecule has 1 saturated carbocycles. The largest absolute Gasteiger partial charge is 0.335 e. The number of nitrogens with zero attached hydrogens (tertiary/aromatic N) is 2. The number of carbonyl (C=O) groups is 2. The molecule has 0 saturated heterocycles. The molecule has 3 aromatic rings. The highest BCUT2D eigenvalue weighted by atomic mass is 35.5. The summed E-state index contributed by atoms with van der Waals surface area (Å²) < 4.78 is 27.9. The molecule has 9 heteroatoms. The van der Waals surface area contributed by atoms with Crippen LogP contribution in [0.2, 0.25) is 5.02 Å². The average Bonchev–Trinajstić information content (AvgIpc) is 3.48. The molecule has 0 atom stereocenters. The van der Waals surface area contributed by atoms with E-state index in [0.717, 1.165) is 24.2 Å². The van der Waals surface area contributed by atoms with Crippen molar-refractivity contribution in [3.8, 4) is 0 Å². The number of aromatic nitrogens is 1. The molecule has 0 radical (unpaired) electrons. The third kappa shape index (κ3) is 5.08. The molecule has 31 heavy (non-hydrogen) atoms. The second-order valence-electron chi connectivity index (χ2n) is 7.21. The van der Waals surface area contributed by atoms with Crippen LogP contribution in [0.3, 0.4) is 0 Å². The third-order valence-electron chi connectivity index (χ3n) is 4.92. The molecule has 0 bridgehead atoms. The maximum Gasteiger partial charge on any atom is 0.260 e. The van der Waals surface area contributed by atoms with Gasteiger partial charge in [0.15, 0.2) is 5.13 Å². The van der Waals surface area contributed by atoms with Crippen molar-refractivity contribution in [2.75, 3.05) is 5.32 Å². The zero-order chi connectivity index (χ0) is 22.0. The van der Waals surface area contributed by atoms with Crippen LogP contribution in [0.4, 0.5) is 13.9 Å². The summed E-state index contributed by atoms with van der Waals surface area (Å²) in [6.07, 6.45) is 1.73. The molecule has 1 fully saturated rings. The van der Waals surface area contributed by atoms with Crippen molar-refractivity contribution in [2.45, 2.75) is 31.8 Å². The lowest BCUT2D eigenvalue weighted by Gasteiger charge is -2.23. The molecule has 1 aliphatic rings. The first kappa shape index (κ1) is 21.4. The van der Waals surface area contributed by atoms with Gasteiger partial charge in [0.05, 0.1) is 24.2 Å². The molecule has 1 heterocycles. The van der Waals surface area contributed by atoms with Crippen LogP contribution in [0.1, 0.15) is 34.5 Å². The maximum absolute atomic E-state index is 14.2. The molecule has 2 amide bonds. The van der Waals surface area contributed by atoms with Crippen molar-refractivity contribution in [3.05, 3.63) is 81.3 Å². The van der Waals surface area contributed by atoms with Crippen molar-refractivity contribution in [1.29, 1.82) is 0 Å². The number of rotatable bonds is 7. The molecule has 160 valence electrons. The van der Waals surface area contributed by atoms with E-state index in [4.69, 9.17) is 11.6 Å². The Morgan fingerprint density at radius 1 is 1.13 bits per heavy atom. The number of hydrogen-bond donors (Lipinski definition) is 1. The lowest BCUT2D eigenvalue weighted by Crippen LogP contribution is -2.34. The van der Waals surface area contributed by atoms with Gasteiger partial charge in [-0.25, -0.2) is 13.8 Å². The van der Waals surface area contributed by atoms with Crippen LogP contribution in [0.15, 0.2) is 47.8 Å². The quantitative estimate of drug-likeness (QED) is 0.535. The predicted octanol–water partition coefficient (Wildman–Crippen LogP) is 5.06. The third-order valence-corrected chi connectivity index (χ3v) is 6.08. The Morgan fingerprint density at radius 3 is 2.58 bits per heavy atom. The fourth-order valence-electron chi connectivity index (χ4n) is 3.17. The molecule has 0 aliphatic heterocycles. The van der Waals surface area contributed by atoms with E-state index < -0.39 is 17.5 Å². The van der Waals surface area contributed by atoms with Crippen LogP contribution >= 0.6 is 22.9 Å². The first-order chi connectivity index (χ1) is 14.9. The van der Waals surface area contributed by atoms with Gasteiger partial charge >= 0.3 is 0 Å².